The van der Waals surface area contributed by atoms with Crippen molar-refractivity contribution in [2.75, 3.05) is 6.54 Å². The SMILES string of the molecule is Cc1ccc(C(=O)N[C@H]2CCCCC/C=C\C3C[C@@]3(C(=O)NS(=O)(=O)C3CC3)NC(=O)[C@@H]3C[C@@H](Oc4nc5cc(F)ccc5nc4C)CN3C2=O)s1. The average Bonchev–Trinajstić information content (AvgIpc) is 3.98. The quantitative estimate of drug-likeness (QED) is 0.305. The number of hydrogen-bond acceptors (Lipinski definition) is 10. The molecular formula is C36H41FN6O7S2. The fraction of sp³-hybridized carbons (Fsp3) is 0.500. The zero-order valence-corrected chi connectivity index (χ0v) is 30.5. The van der Waals surface area contributed by atoms with E-state index in [0.29, 0.717) is 48.2 Å². The van der Waals surface area contributed by atoms with Gasteiger partial charge in [0.25, 0.3) is 11.8 Å². The summed E-state index contributed by atoms with van der Waals surface area (Å²) in [5.41, 5.74) is -0.343. The first kappa shape index (κ1) is 35.9. The van der Waals surface area contributed by atoms with Crippen LogP contribution in [0.2, 0.25) is 0 Å². The van der Waals surface area contributed by atoms with E-state index in [1.807, 2.05) is 25.1 Å². The molecule has 16 heteroatoms. The number of fused-ring (bicyclic) bond motifs is 3. The number of nitrogens with one attached hydrogen (secondary N) is 3. The molecule has 5 atom stereocenters. The van der Waals surface area contributed by atoms with Gasteiger partial charge in [0.15, 0.2) is 0 Å². The number of sulfonamides is 1. The van der Waals surface area contributed by atoms with E-state index >= 15 is 0 Å². The van der Waals surface area contributed by atoms with E-state index in [0.717, 1.165) is 17.7 Å². The molecule has 4 heterocycles. The van der Waals surface area contributed by atoms with Crippen LogP contribution in [0, 0.1) is 25.6 Å². The van der Waals surface area contributed by atoms with Crippen molar-refractivity contribution in [2.24, 2.45) is 5.92 Å². The zero-order valence-electron chi connectivity index (χ0n) is 28.9. The number of allylic oxidation sites excluding steroid dienone is 1. The molecule has 4 aliphatic rings. The summed E-state index contributed by atoms with van der Waals surface area (Å²) in [6.45, 7) is 3.52. The number of nitrogens with zero attached hydrogens (tertiary/aromatic N) is 3. The van der Waals surface area contributed by atoms with E-state index in [9.17, 15) is 32.0 Å². The maximum Gasteiger partial charge on any atom is 0.262 e. The summed E-state index contributed by atoms with van der Waals surface area (Å²) in [7, 11) is -3.90. The average molecular weight is 753 g/mol. The Kier molecular flexibility index (Phi) is 9.80. The molecule has 52 heavy (non-hydrogen) atoms. The molecule has 7 rings (SSSR count). The number of benzene rings is 1. The first-order valence-electron chi connectivity index (χ1n) is 17.7. The highest BCUT2D eigenvalue weighted by Gasteiger charge is 2.62. The monoisotopic (exact) mass is 752 g/mol. The van der Waals surface area contributed by atoms with Crippen LogP contribution in [0.15, 0.2) is 42.5 Å². The van der Waals surface area contributed by atoms with Crippen LogP contribution in [-0.2, 0) is 24.4 Å². The third kappa shape index (κ3) is 7.54. The van der Waals surface area contributed by atoms with E-state index in [1.165, 1.54) is 34.4 Å². The lowest BCUT2D eigenvalue weighted by molar-refractivity contribution is -0.141. The van der Waals surface area contributed by atoms with E-state index in [4.69, 9.17) is 4.74 Å². The topological polar surface area (TPSA) is 177 Å². The van der Waals surface area contributed by atoms with Gasteiger partial charge in [-0.2, -0.15) is 0 Å². The summed E-state index contributed by atoms with van der Waals surface area (Å²) < 4.78 is 48.1. The van der Waals surface area contributed by atoms with E-state index in [2.05, 4.69) is 25.3 Å². The highest BCUT2D eigenvalue weighted by molar-refractivity contribution is 7.91. The van der Waals surface area contributed by atoms with Crippen LogP contribution in [0.3, 0.4) is 0 Å². The standard InChI is InChI=1S/C36H41FN6O7S2/c1-20-10-15-30(51-20)32(45)39-27-9-7-5-3-4-6-8-22-18-36(22,35(47)42-52(48,49)25-12-13-25)41-31(44)29-17-24(19-43(29)34(27)46)50-33-21(2)38-26-14-11-23(37)16-28(26)40-33/h6,8,10-11,14-16,22,24-25,27,29H,3-5,7,9,12-13,17-19H2,1-2H3,(H,39,45)(H,41,44)(H,42,47)/b8-6-/t22?,24-,27+,29+,36-/m1/s1. The maximum absolute atomic E-state index is 14.5. The van der Waals surface area contributed by atoms with Crippen molar-refractivity contribution < 1.29 is 36.7 Å². The van der Waals surface area contributed by atoms with Gasteiger partial charge in [-0.3, -0.25) is 23.9 Å². The Labute approximate surface area is 304 Å². The fourth-order valence-electron chi connectivity index (χ4n) is 7.00. The first-order valence-corrected chi connectivity index (χ1v) is 20.0. The van der Waals surface area contributed by atoms with Crippen molar-refractivity contribution in [3.63, 3.8) is 0 Å². The number of halogens is 1. The second kappa shape index (κ2) is 14.2. The number of ether oxygens (including phenoxy) is 1. The van der Waals surface area contributed by atoms with Crippen LogP contribution in [-0.4, -0.2) is 82.4 Å². The number of aromatic nitrogens is 2. The third-order valence-corrected chi connectivity index (χ3v) is 13.0. The van der Waals surface area contributed by atoms with Gasteiger partial charge in [0.1, 0.15) is 35.2 Å². The molecule has 1 aromatic carbocycles. The molecule has 2 aliphatic heterocycles. The minimum atomic E-state index is -3.90. The number of hydrogen-bond donors (Lipinski definition) is 3. The van der Waals surface area contributed by atoms with Crippen LogP contribution >= 0.6 is 11.3 Å². The number of amides is 4. The van der Waals surface area contributed by atoms with Crippen molar-refractivity contribution >= 4 is 56.0 Å². The van der Waals surface area contributed by atoms with Gasteiger partial charge in [0, 0.05) is 23.3 Å². The van der Waals surface area contributed by atoms with Crippen molar-refractivity contribution in [3.8, 4) is 5.88 Å². The van der Waals surface area contributed by atoms with Gasteiger partial charge in [-0.1, -0.05) is 25.0 Å². The molecule has 3 fully saturated rings. The molecule has 1 saturated heterocycles. The summed E-state index contributed by atoms with van der Waals surface area (Å²) in [6.07, 6.45) is 7.39. The Hall–Kier alpha value is -4.44. The fourth-order valence-corrected chi connectivity index (χ4v) is 9.14. The molecule has 1 unspecified atom stereocenters. The van der Waals surface area contributed by atoms with Gasteiger partial charge < -0.3 is 20.3 Å². The number of carbonyl (C=O) groups is 4. The zero-order chi connectivity index (χ0) is 36.8. The maximum atomic E-state index is 14.5. The second-order valence-electron chi connectivity index (χ2n) is 14.2. The normalized spacial score (nSPS) is 27.4. The molecule has 3 N–H and O–H groups in total. The number of carbonyl (C=O) groups excluding carboxylic acids is 4. The van der Waals surface area contributed by atoms with Crippen LogP contribution in [0.25, 0.3) is 11.0 Å². The number of thiophene rings is 1. The predicted octanol–water partition coefficient (Wildman–Crippen LogP) is 3.60. The van der Waals surface area contributed by atoms with E-state index < -0.39 is 74.4 Å². The molecule has 2 saturated carbocycles. The Bertz CT molecular complexity index is 2070. The Morgan fingerprint density at radius 2 is 1.87 bits per heavy atom. The summed E-state index contributed by atoms with van der Waals surface area (Å²) in [5, 5.41) is 5.12. The molecule has 13 nitrogen and oxygen atoms in total. The molecule has 0 spiro atoms. The van der Waals surface area contributed by atoms with E-state index in [-0.39, 0.29) is 30.8 Å². The lowest BCUT2D eigenvalue weighted by Crippen LogP contribution is -2.58. The van der Waals surface area contributed by atoms with Gasteiger partial charge in [-0.25, -0.2) is 22.8 Å². The summed E-state index contributed by atoms with van der Waals surface area (Å²) in [6, 6.07) is 5.48. The van der Waals surface area contributed by atoms with Crippen LogP contribution in [0.5, 0.6) is 5.88 Å². The summed E-state index contributed by atoms with van der Waals surface area (Å²) >= 11 is 1.31. The predicted molar refractivity (Wildman–Crippen MR) is 190 cm³/mol. The van der Waals surface area contributed by atoms with Crippen molar-refractivity contribution in [1.29, 1.82) is 0 Å². The second-order valence-corrected chi connectivity index (χ2v) is 17.4. The van der Waals surface area contributed by atoms with Crippen molar-refractivity contribution in [3.05, 3.63) is 63.7 Å². The molecule has 276 valence electrons. The number of aryl methyl sites for hydroxylation is 2. The minimum absolute atomic E-state index is 0.00322. The Morgan fingerprint density at radius 3 is 2.62 bits per heavy atom. The molecule has 0 radical (unpaired) electrons. The smallest absolute Gasteiger partial charge is 0.262 e. The van der Waals surface area contributed by atoms with Crippen molar-refractivity contribution in [2.45, 2.75) is 101 Å². The van der Waals surface area contributed by atoms with Gasteiger partial charge in [0.05, 0.1) is 27.7 Å². The molecule has 2 aromatic heterocycles. The Morgan fingerprint density at radius 1 is 1.06 bits per heavy atom. The highest BCUT2D eigenvalue weighted by atomic mass is 32.2. The molecule has 2 aliphatic carbocycles. The van der Waals surface area contributed by atoms with E-state index in [1.54, 1.807) is 13.0 Å². The summed E-state index contributed by atoms with van der Waals surface area (Å²) in [5.74, 6) is -3.14. The third-order valence-electron chi connectivity index (χ3n) is 10.1. The lowest BCUT2D eigenvalue weighted by Gasteiger charge is -2.29. The lowest BCUT2D eigenvalue weighted by atomic mass is 10.0. The van der Waals surface area contributed by atoms with Gasteiger partial charge in [0.2, 0.25) is 27.7 Å². The molecule has 4 amide bonds. The van der Waals surface area contributed by atoms with Crippen LogP contribution in [0.4, 0.5) is 4.39 Å². The number of rotatable bonds is 7. The van der Waals surface area contributed by atoms with Gasteiger partial charge in [-0.05, 0) is 76.6 Å². The molecule has 3 aromatic rings. The Balaban J connectivity index is 1.19. The summed E-state index contributed by atoms with van der Waals surface area (Å²) in [4.78, 5) is 67.5. The van der Waals surface area contributed by atoms with Crippen LogP contribution in [0.1, 0.15) is 78.0 Å². The first-order chi connectivity index (χ1) is 24.8. The molecular weight excluding hydrogens is 712 g/mol. The van der Waals surface area contributed by atoms with Crippen LogP contribution < -0.4 is 20.1 Å². The van der Waals surface area contributed by atoms with Gasteiger partial charge in [-0.15, -0.1) is 11.3 Å². The highest BCUT2D eigenvalue weighted by Crippen LogP contribution is 2.46. The minimum Gasteiger partial charge on any atom is -0.471 e. The van der Waals surface area contributed by atoms with Crippen molar-refractivity contribution in [1.82, 2.24) is 30.2 Å². The van der Waals surface area contributed by atoms with Gasteiger partial charge >= 0.3 is 0 Å². The largest absolute Gasteiger partial charge is 0.471 e. The molecule has 0 bridgehead atoms.